The molecule has 5 nitrogen and oxygen atoms in total. The van der Waals surface area contributed by atoms with Gasteiger partial charge in [-0.25, -0.2) is 14.6 Å². The summed E-state index contributed by atoms with van der Waals surface area (Å²) < 4.78 is 2.21. The van der Waals surface area contributed by atoms with Crippen molar-refractivity contribution < 1.29 is 0 Å². The minimum Gasteiger partial charge on any atom is -0.235 e. The van der Waals surface area contributed by atoms with Gasteiger partial charge in [-0.05, 0) is 22.0 Å². The van der Waals surface area contributed by atoms with E-state index in [1.54, 1.807) is 12.3 Å². The molecule has 68 valence electrons. The molecular formula is C8H4BrN5. The second-order valence-corrected chi connectivity index (χ2v) is 3.39. The van der Waals surface area contributed by atoms with Crippen LogP contribution in [0.3, 0.4) is 0 Å². The highest BCUT2D eigenvalue weighted by Crippen LogP contribution is 2.15. The van der Waals surface area contributed by atoms with Crippen LogP contribution in [0.15, 0.2) is 29.4 Å². The highest BCUT2D eigenvalue weighted by atomic mass is 79.9. The zero-order chi connectivity index (χ0) is 9.97. The summed E-state index contributed by atoms with van der Waals surface area (Å²) >= 11 is 3.24. The average molecular weight is 250 g/mol. The largest absolute Gasteiger partial charge is 0.235 e. The molecular weight excluding hydrogens is 246 g/mol. The zero-order valence-electron chi connectivity index (χ0n) is 6.92. The number of halogens is 1. The summed E-state index contributed by atoms with van der Waals surface area (Å²) in [6.07, 6.45) is 4.50. The molecule has 0 amide bonds. The van der Waals surface area contributed by atoms with Crippen molar-refractivity contribution >= 4 is 15.9 Å². The van der Waals surface area contributed by atoms with E-state index in [2.05, 4.69) is 31.0 Å². The molecule has 0 N–H and O–H groups in total. The fourth-order valence-corrected chi connectivity index (χ4v) is 1.35. The van der Waals surface area contributed by atoms with Crippen LogP contribution in [-0.4, -0.2) is 19.7 Å². The molecule has 0 unspecified atom stereocenters. The summed E-state index contributed by atoms with van der Waals surface area (Å²) in [5, 5.41) is 12.8. The lowest BCUT2D eigenvalue weighted by atomic mass is 10.3. The highest BCUT2D eigenvalue weighted by Gasteiger charge is 2.06. The Labute approximate surface area is 88.2 Å². The molecule has 2 heterocycles. The van der Waals surface area contributed by atoms with Crippen LogP contribution in [0.4, 0.5) is 0 Å². The first kappa shape index (κ1) is 8.84. The molecule has 2 aromatic heterocycles. The molecule has 0 aliphatic rings. The number of aromatic nitrogens is 4. The van der Waals surface area contributed by atoms with Crippen LogP contribution in [0, 0.1) is 11.3 Å². The van der Waals surface area contributed by atoms with Gasteiger partial charge in [-0.3, -0.25) is 0 Å². The molecule has 0 atom stereocenters. The quantitative estimate of drug-likeness (QED) is 0.764. The van der Waals surface area contributed by atoms with E-state index < -0.39 is 0 Å². The Hall–Kier alpha value is -1.74. The van der Waals surface area contributed by atoms with E-state index in [1.165, 1.54) is 17.3 Å². The van der Waals surface area contributed by atoms with Gasteiger partial charge in [0.05, 0.1) is 5.56 Å². The predicted octanol–water partition coefficient (Wildman–Crippen LogP) is 1.30. The fourth-order valence-electron chi connectivity index (χ4n) is 1.01. The van der Waals surface area contributed by atoms with Gasteiger partial charge in [0.1, 0.15) is 18.7 Å². The molecule has 2 rings (SSSR count). The predicted molar refractivity (Wildman–Crippen MR) is 51.6 cm³/mol. The molecule has 0 aliphatic carbocycles. The molecule has 0 bridgehead atoms. The Balaban J connectivity index is 2.60. The van der Waals surface area contributed by atoms with Gasteiger partial charge in [0.2, 0.25) is 0 Å². The standard InChI is InChI=1S/C8H4BrN5/c9-7-1-6(2-10)8(12-3-7)14-5-11-4-13-14/h1,3-5H. The maximum atomic E-state index is 8.87. The van der Waals surface area contributed by atoms with Crippen molar-refractivity contribution in [3.63, 3.8) is 0 Å². The Morgan fingerprint density at radius 3 is 3.00 bits per heavy atom. The molecule has 14 heavy (non-hydrogen) atoms. The van der Waals surface area contributed by atoms with E-state index in [0.29, 0.717) is 11.4 Å². The third-order valence-corrected chi connectivity index (χ3v) is 2.02. The number of rotatable bonds is 1. The monoisotopic (exact) mass is 249 g/mol. The lowest BCUT2D eigenvalue weighted by molar-refractivity contribution is 0.841. The number of pyridine rings is 1. The maximum Gasteiger partial charge on any atom is 0.173 e. The van der Waals surface area contributed by atoms with Crippen molar-refractivity contribution in [3.05, 3.63) is 35.0 Å². The zero-order valence-corrected chi connectivity index (χ0v) is 8.51. The van der Waals surface area contributed by atoms with Crippen LogP contribution in [0.1, 0.15) is 5.56 Å². The first-order valence-corrected chi connectivity index (χ1v) is 4.51. The second kappa shape index (κ2) is 3.55. The molecule has 0 aliphatic heterocycles. The van der Waals surface area contributed by atoms with Crippen LogP contribution >= 0.6 is 15.9 Å². The molecule has 0 fully saturated rings. The van der Waals surface area contributed by atoms with E-state index in [1.807, 2.05) is 6.07 Å². The molecule has 6 heteroatoms. The van der Waals surface area contributed by atoms with Gasteiger partial charge >= 0.3 is 0 Å². The van der Waals surface area contributed by atoms with Crippen molar-refractivity contribution in [1.82, 2.24) is 19.7 Å². The molecule has 0 saturated heterocycles. The van der Waals surface area contributed by atoms with Crippen molar-refractivity contribution in [3.8, 4) is 11.9 Å². The Morgan fingerprint density at radius 2 is 2.36 bits per heavy atom. The third-order valence-electron chi connectivity index (χ3n) is 1.59. The third kappa shape index (κ3) is 1.49. The van der Waals surface area contributed by atoms with Gasteiger partial charge in [-0.1, -0.05) is 0 Å². The molecule has 0 radical (unpaired) electrons. The fraction of sp³-hybridized carbons (Fsp3) is 0. The number of hydrogen-bond acceptors (Lipinski definition) is 4. The number of nitrogens with zero attached hydrogens (tertiary/aromatic N) is 5. The summed E-state index contributed by atoms with van der Waals surface area (Å²) in [5.41, 5.74) is 0.449. The van der Waals surface area contributed by atoms with Gasteiger partial charge in [-0.2, -0.15) is 10.4 Å². The van der Waals surface area contributed by atoms with Gasteiger partial charge in [0.15, 0.2) is 5.82 Å². The minimum atomic E-state index is 0.449. The molecule has 0 aromatic carbocycles. The van der Waals surface area contributed by atoms with Crippen molar-refractivity contribution in [2.45, 2.75) is 0 Å². The topological polar surface area (TPSA) is 67.4 Å². The molecule has 0 spiro atoms. The van der Waals surface area contributed by atoms with E-state index in [-0.39, 0.29) is 0 Å². The van der Waals surface area contributed by atoms with Gasteiger partial charge in [0, 0.05) is 10.7 Å². The lowest BCUT2D eigenvalue weighted by Crippen LogP contribution is -2.00. The Kier molecular flexibility index (Phi) is 2.24. The average Bonchev–Trinajstić information content (AvgIpc) is 2.70. The van der Waals surface area contributed by atoms with Gasteiger partial charge < -0.3 is 0 Å². The summed E-state index contributed by atoms with van der Waals surface area (Å²) in [6.45, 7) is 0. The van der Waals surface area contributed by atoms with Crippen molar-refractivity contribution in [1.29, 1.82) is 5.26 Å². The Morgan fingerprint density at radius 1 is 1.50 bits per heavy atom. The molecule has 2 aromatic rings. The summed E-state index contributed by atoms with van der Waals surface area (Å²) in [5.74, 6) is 0.480. The summed E-state index contributed by atoms with van der Waals surface area (Å²) in [4.78, 5) is 7.87. The van der Waals surface area contributed by atoms with Crippen LogP contribution in [-0.2, 0) is 0 Å². The van der Waals surface area contributed by atoms with Crippen LogP contribution < -0.4 is 0 Å². The first-order valence-electron chi connectivity index (χ1n) is 3.72. The van der Waals surface area contributed by atoms with Crippen LogP contribution in [0.25, 0.3) is 5.82 Å². The van der Waals surface area contributed by atoms with Crippen LogP contribution in [0.5, 0.6) is 0 Å². The first-order chi connectivity index (χ1) is 6.81. The van der Waals surface area contributed by atoms with Gasteiger partial charge in [-0.15, -0.1) is 0 Å². The number of hydrogen-bond donors (Lipinski definition) is 0. The van der Waals surface area contributed by atoms with Crippen LogP contribution in [0.2, 0.25) is 0 Å². The van der Waals surface area contributed by atoms with Gasteiger partial charge in [0.25, 0.3) is 0 Å². The minimum absolute atomic E-state index is 0.449. The van der Waals surface area contributed by atoms with E-state index in [9.17, 15) is 0 Å². The second-order valence-electron chi connectivity index (χ2n) is 2.48. The van der Waals surface area contributed by atoms with E-state index >= 15 is 0 Å². The maximum absolute atomic E-state index is 8.87. The Bertz CT molecular complexity index is 485. The van der Waals surface area contributed by atoms with E-state index in [4.69, 9.17) is 5.26 Å². The van der Waals surface area contributed by atoms with Crippen molar-refractivity contribution in [2.75, 3.05) is 0 Å². The van der Waals surface area contributed by atoms with Crippen molar-refractivity contribution in [2.24, 2.45) is 0 Å². The summed E-state index contributed by atoms with van der Waals surface area (Å²) in [6, 6.07) is 3.73. The summed E-state index contributed by atoms with van der Waals surface area (Å²) in [7, 11) is 0. The SMILES string of the molecule is N#Cc1cc(Br)cnc1-n1cncn1. The lowest BCUT2D eigenvalue weighted by Gasteiger charge is -2.01. The van der Waals surface area contributed by atoms with E-state index in [0.717, 1.165) is 4.47 Å². The molecule has 0 saturated carbocycles. The highest BCUT2D eigenvalue weighted by molar-refractivity contribution is 9.10. The normalized spacial score (nSPS) is 9.71. The smallest absolute Gasteiger partial charge is 0.173 e. The number of nitriles is 1.